The minimum absolute atomic E-state index is 0.0170. The summed E-state index contributed by atoms with van der Waals surface area (Å²) in [6.45, 7) is 4.50. The van der Waals surface area contributed by atoms with Gasteiger partial charge in [0.25, 0.3) is 0 Å². The predicted octanol–water partition coefficient (Wildman–Crippen LogP) is 4.01. The Bertz CT molecular complexity index is 589. The second-order valence-electron chi connectivity index (χ2n) is 3.87. The summed E-state index contributed by atoms with van der Waals surface area (Å²) in [7, 11) is 0. The fourth-order valence-corrected chi connectivity index (χ4v) is 2.92. The Hall–Kier alpha value is -0.840. The Balaban J connectivity index is 2.26. The molecule has 0 aliphatic rings. The molecule has 0 saturated carbocycles. The molecule has 2 aromatic heterocycles. The highest BCUT2D eigenvalue weighted by Gasteiger charge is 2.17. The van der Waals surface area contributed by atoms with Crippen molar-refractivity contribution in [3.05, 3.63) is 37.8 Å². The zero-order valence-corrected chi connectivity index (χ0v) is 12.4. The van der Waals surface area contributed by atoms with Crippen molar-refractivity contribution in [2.45, 2.75) is 26.8 Å². The van der Waals surface area contributed by atoms with Gasteiger partial charge in [0.05, 0.1) is 32.0 Å². The summed E-state index contributed by atoms with van der Waals surface area (Å²) in [5.74, 6) is 0.0170. The number of halogens is 2. The van der Waals surface area contributed by atoms with Crippen LogP contribution in [0.4, 0.5) is 0 Å². The summed E-state index contributed by atoms with van der Waals surface area (Å²) < 4.78 is 2.38. The monoisotopic (exact) mass is 302 g/mol. The maximum absolute atomic E-state index is 12.1. The van der Waals surface area contributed by atoms with Gasteiger partial charge in [-0.1, -0.05) is 23.2 Å². The number of nitrogens with zero attached hydrogens (tertiary/aromatic N) is 2. The lowest BCUT2D eigenvalue weighted by atomic mass is 10.2. The van der Waals surface area contributed by atoms with Gasteiger partial charge in [-0.15, -0.1) is 11.3 Å². The lowest BCUT2D eigenvalue weighted by Crippen LogP contribution is -2.09. The number of hydrogen-bond donors (Lipinski definition) is 0. The third-order valence-corrected chi connectivity index (χ3v) is 4.39. The third-order valence-electron chi connectivity index (χ3n) is 2.63. The molecule has 3 nitrogen and oxygen atoms in total. The molecule has 0 aromatic carbocycles. The summed E-state index contributed by atoms with van der Waals surface area (Å²) in [6, 6.07) is 3.46. The molecule has 6 heteroatoms. The van der Waals surface area contributed by atoms with Crippen LogP contribution >= 0.6 is 34.5 Å². The fraction of sp³-hybridized carbons (Fsp3) is 0.333. The van der Waals surface area contributed by atoms with E-state index in [4.69, 9.17) is 23.2 Å². The van der Waals surface area contributed by atoms with E-state index in [1.807, 2.05) is 13.8 Å². The number of rotatable bonds is 4. The lowest BCUT2D eigenvalue weighted by Gasteiger charge is -2.03. The van der Waals surface area contributed by atoms with Gasteiger partial charge >= 0.3 is 0 Å². The number of carbonyl (C=O) groups is 1. The molecule has 0 fully saturated rings. The first-order valence-electron chi connectivity index (χ1n) is 5.53. The van der Waals surface area contributed by atoms with Gasteiger partial charge in [-0.3, -0.25) is 9.48 Å². The molecule has 96 valence electrons. The van der Waals surface area contributed by atoms with Crippen LogP contribution in [-0.2, 0) is 13.0 Å². The van der Waals surface area contributed by atoms with Crippen LogP contribution in [0.2, 0.25) is 9.36 Å². The van der Waals surface area contributed by atoms with E-state index in [2.05, 4.69) is 5.10 Å². The summed E-state index contributed by atoms with van der Waals surface area (Å²) in [4.78, 5) is 12.8. The number of aryl methyl sites for hydroxylation is 2. The number of ketones is 1. The van der Waals surface area contributed by atoms with Crippen LogP contribution in [-0.4, -0.2) is 15.6 Å². The van der Waals surface area contributed by atoms with Gasteiger partial charge in [-0.05, 0) is 26.0 Å². The van der Waals surface area contributed by atoms with E-state index in [9.17, 15) is 4.79 Å². The number of thiophene rings is 1. The molecule has 0 N–H and O–H groups in total. The maximum Gasteiger partial charge on any atom is 0.178 e. The number of Topliss-reactive ketones (excluding diaryl/α,β-unsaturated/α-hetero) is 1. The number of carbonyl (C=O) groups excluding carboxylic acids is 1. The average molecular weight is 303 g/mol. The zero-order chi connectivity index (χ0) is 13.3. The van der Waals surface area contributed by atoms with Gasteiger partial charge in [0.15, 0.2) is 5.78 Å². The van der Waals surface area contributed by atoms with E-state index >= 15 is 0 Å². The van der Waals surface area contributed by atoms with Crippen LogP contribution in [0.25, 0.3) is 0 Å². The minimum Gasteiger partial charge on any atom is -0.293 e. The van der Waals surface area contributed by atoms with Gasteiger partial charge in [-0.2, -0.15) is 5.10 Å². The Morgan fingerprint density at radius 3 is 2.72 bits per heavy atom. The van der Waals surface area contributed by atoms with Crippen molar-refractivity contribution in [2.75, 3.05) is 0 Å². The standard InChI is InChI=1S/C12H12Cl2N2OS/c1-3-16-8(12(14)7(2)15-16)6-9(17)10-4-5-11(13)18-10/h4-5H,3,6H2,1-2H3. The van der Waals surface area contributed by atoms with Crippen LogP contribution in [0.5, 0.6) is 0 Å². The normalized spacial score (nSPS) is 10.9. The largest absolute Gasteiger partial charge is 0.293 e. The third kappa shape index (κ3) is 2.60. The Morgan fingerprint density at radius 1 is 1.44 bits per heavy atom. The zero-order valence-electron chi connectivity index (χ0n) is 10.0. The molecule has 0 spiro atoms. The van der Waals surface area contributed by atoms with Crippen LogP contribution in [0.15, 0.2) is 12.1 Å². The summed E-state index contributed by atoms with van der Waals surface area (Å²) >= 11 is 13.3. The lowest BCUT2D eigenvalue weighted by molar-refractivity contribution is 0.0994. The van der Waals surface area contributed by atoms with Gasteiger partial charge < -0.3 is 0 Å². The van der Waals surface area contributed by atoms with Crippen molar-refractivity contribution in [1.82, 2.24) is 9.78 Å². The van der Waals surface area contributed by atoms with Crippen molar-refractivity contribution in [2.24, 2.45) is 0 Å². The highest BCUT2D eigenvalue weighted by molar-refractivity contribution is 7.18. The molecule has 2 rings (SSSR count). The van der Waals surface area contributed by atoms with E-state index in [0.717, 1.165) is 11.4 Å². The quantitative estimate of drug-likeness (QED) is 0.800. The Labute approximate surface area is 119 Å². The number of aromatic nitrogens is 2. The van der Waals surface area contributed by atoms with E-state index < -0.39 is 0 Å². The van der Waals surface area contributed by atoms with Crippen molar-refractivity contribution in [3.8, 4) is 0 Å². The van der Waals surface area contributed by atoms with Gasteiger partial charge in [-0.25, -0.2) is 0 Å². The topological polar surface area (TPSA) is 34.9 Å². The van der Waals surface area contributed by atoms with Crippen molar-refractivity contribution in [3.63, 3.8) is 0 Å². The second-order valence-corrected chi connectivity index (χ2v) is 5.96. The average Bonchev–Trinajstić information content (AvgIpc) is 2.88. The van der Waals surface area contributed by atoms with E-state index in [1.54, 1.807) is 16.8 Å². The molecule has 0 amide bonds. The molecule has 0 radical (unpaired) electrons. The second kappa shape index (κ2) is 5.43. The fourth-order valence-electron chi connectivity index (χ4n) is 1.74. The first-order valence-corrected chi connectivity index (χ1v) is 7.10. The number of hydrogen-bond acceptors (Lipinski definition) is 3. The van der Waals surface area contributed by atoms with E-state index in [0.29, 0.717) is 20.8 Å². The smallest absolute Gasteiger partial charge is 0.178 e. The Morgan fingerprint density at radius 2 is 2.17 bits per heavy atom. The molecule has 0 saturated heterocycles. The highest BCUT2D eigenvalue weighted by Crippen LogP contribution is 2.25. The SMILES string of the molecule is CCn1nc(C)c(Cl)c1CC(=O)c1ccc(Cl)s1. The molecule has 0 aliphatic carbocycles. The highest BCUT2D eigenvalue weighted by atomic mass is 35.5. The van der Waals surface area contributed by atoms with E-state index in [1.165, 1.54) is 11.3 Å². The van der Waals surface area contributed by atoms with Crippen molar-refractivity contribution in [1.29, 1.82) is 0 Å². The van der Waals surface area contributed by atoms with E-state index in [-0.39, 0.29) is 12.2 Å². The molecule has 0 atom stereocenters. The van der Waals surface area contributed by atoms with Crippen LogP contribution in [0, 0.1) is 6.92 Å². The summed E-state index contributed by atoms with van der Waals surface area (Å²) in [5.41, 5.74) is 1.52. The maximum atomic E-state index is 12.1. The molecule has 0 aliphatic heterocycles. The summed E-state index contributed by atoms with van der Waals surface area (Å²) in [5, 5.41) is 4.87. The Kier molecular flexibility index (Phi) is 4.10. The van der Waals surface area contributed by atoms with Crippen LogP contribution in [0.3, 0.4) is 0 Å². The van der Waals surface area contributed by atoms with Gasteiger partial charge in [0.2, 0.25) is 0 Å². The minimum atomic E-state index is 0.0170. The molecular weight excluding hydrogens is 291 g/mol. The van der Waals surface area contributed by atoms with Crippen LogP contribution in [0.1, 0.15) is 28.0 Å². The van der Waals surface area contributed by atoms with Crippen molar-refractivity contribution < 1.29 is 4.79 Å². The predicted molar refractivity (Wildman–Crippen MR) is 75.0 cm³/mol. The molecule has 0 bridgehead atoms. The van der Waals surface area contributed by atoms with Crippen molar-refractivity contribution >= 4 is 40.3 Å². The molecule has 2 heterocycles. The molecule has 0 unspecified atom stereocenters. The van der Waals surface area contributed by atoms with Gasteiger partial charge in [0, 0.05) is 6.54 Å². The first kappa shape index (κ1) is 13.6. The first-order chi connectivity index (χ1) is 8.52. The molecule has 18 heavy (non-hydrogen) atoms. The summed E-state index contributed by atoms with van der Waals surface area (Å²) in [6.07, 6.45) is 0.254. The van der Waals surface area contributed by atoms with Gasteiger partial charge in [0.1, 0.15) is 0 Å². The van der Waals surface area contributed by atoms with Crippen LogP contribution < -0.4 is 0 Å². The molecule has 2 aromatic rings. The molecular formula is C12H12Cl2N2OS.